The molecule has 1 aliphatic rings. The third-order valence-corrected chi connectivity index (χ3v) is 6.30. The highest BCUT2D eigenvalue weighted by atomic mass is 35.7. The molecule has 0 atom stereocenters. The highest BCUT2D eigenvalue weighted by Crippen LogP contribution is 2.49. The molecule has 1 fully saturated rings. The molecule has 1 aliphatic carbocycles. The Hall–Kier alpha value is -0.0600. The van der Waals surface area contributed by atoms with E-state index in [-0.39, 0.29) is 0 Å². The van der Waals surface area contributed by atoms with Gasteiger partial charge in [0.1, 0.15) is 0 Å². The molecule has 0 unspecified atom stereocenters. The van der Waals surface area contributed by atoms with Gasteiger partial charge in [-0.2, -0.15) is 0 Å². The summed E-state index contributed by atoms with van der Waals surface area (Å²) in [6, 6.07) is 4.01. The highest BCUT2D eigenvalue weighted by Gasteiger charge is 2.53. The molecule has 1 saturated carbocycles. The Morgan fingerprint density at radius 1 is 1.50 bits per heavy atom. The van der Waals surface area contributed by atoms with Crippen molar-refractivity contribution < 1.29 is 8.42 Å². The van der Waals surface area contributed by atoms with Crippen molar-refractivity contribution >= 4 is 31.1 Å². The van der Waals surface area contributed by atoms with Gasteiger partial charge in [0, 0.05) is 15.6 Å². The Kier molecular flexibility index (Phi) is 2.62. The molecule has 1 heterocycles. The average molecular weight is 251 g/mol. The maximum atomic E-state index is 11.2. The van der Waals surface area contributed by atoms with Crippen LogP contribution in [0.5, 0.6) is 0 Å². The molecular formula is C9H11ClO2S2. The summed E-state index contributed by atoms with van der Waals surface area (Å²) in [5.74, 6) is 0. The van der Waals surface area contributed by atoms with Gasteiger partial charge in [0.2, 0.25) is 9.05 Å². The van der Waals surface area contributed by atoms with Gasteiger partial charge in [-0.15, -0.1) is 11.3 Å². The van der Waals surface area contributed by atoms with Gasteiger partial charge in [-0.1, -0.05) is 6.07 Å². The Bertz CT molecular complexity index is 404. The Morgan fingerprint density at radius 3 is 2.64 bits per heavy atom. The van der Waals surface area contributed by atoms with Crippen LogP contribution in [0, 0.1) is 0 Å². The van der Waals surface area contributed by atoms with Crippen molar-refractivity contribution in [1.29, 1.82) is 0 Å². The summed E-state index contributed by atoms with van der Waals surface area (Å²) in [4.78, 5) is 1.23. The molecule has 0 aliphatic heterocycles. The van der Waals surface area contributed by atoms with Gasteiger partial charge < -0.3 is 0 Å². The van der Waals surface area contributed by atoms with Crippen LogP contribution < -0.4 is 0 Å². The average Bonchev–Trinajstić information content (AvgIpc) is 2.72. The number of hydrogen-bond acceptors (Lipinski definition) is 3. The van der Waals surface area contributed by atoms with E-state index in [1.165, 1.54) is 4.88 Å². The second-order valence-corrected chi connectivity index (χ2v) is 7.69. The van der Waals surface area contributed by atoms with Crippen molar-refractivity contribution in [3.05, 3.63) is 22.4 Å². The van der Waals surface area contributed by atoms with E-state index in [4.69, 9.17) is 10.7 Å². The normalized spacial score (nSPS) is 19.5. The quantitative estimate of drug-likeness (QED) is 0.770. The van der Waals surface area contributed by atoms with E-state index in [1.54, 1.807) is 11.3 Å². The minimum atomic E-state index is -3.37. The van der Waals surface area contributed by atoms with Crippen molar-refractivity contribution in [2.75, 3.05) is 0 Å². The number of thiophene rings is 1. The van der Waals surface area contributed by atoms with Gasteiger partial charge in [-0.25, -0.2) is 8.42 Å². The lowest BCUT2D eigenvalue weighted by Crippen LogP contribution is -2.18. The van der Waals surface area contributed by atoms with Gasteiger partial charge in [0.25, 0.3) is 0 Å². The Morgan fingerprint density at radius 2 is 2.21 bits per heavy atom. The number of rotatable bonds is 4. The first kappa shape index (κ1) is 10.5. The minimum Gasteiger partial charge on any atom is -0.212 e. The second kappa shape index (κ2) is 3.51. The van der Waals surface area contributed by atoms with E-state index in [0.717, 1.165) is 19.3 Å². The molecule has 1 aromatic heterocycles. The topological polar surface area (TPSA) is 34.1 Å². The number of halogens is 1. The van der Waals surface area contributed by atoms with Gasteiger partial charge >= 0.3 is 0 Å². The first-order valence-electron chi connectivity index (χ1n) is 4.50. The van der Waals surface area contributed by atoms with E-state index in [2.05, 4.69) is 0 Å². The maximum absolute atomic E-state index is 11.2. The SMILES string of the molecule is O=S(=O)(Cl)C1(CCc2cccs2)CC1. The molecule has 1 aromatic rings. The Labute approximate surface area is 92.3 Å². The van der Waals surface area contributed by atoms with Crippen LogP contribution >= 0.6 is 22.0 Å². The molecule has 0 aromatic carbocycles. The van der Waals surface area contributed by atoms with Crippen LogP contribution in [0.2, 0.25) is 0 Å². The third kappa shape index (κ3) is 1.97. The van der Waals surface area contributed by atoms with Gasteiger partial charge in [0.15, 0.2) is 0 Å². The molecule has 5 heteroatoms. The summed E-state index contributed by atoms with van der Waals surface area (Å²) >= 11 is 1.66. The maximum Gasteiger partial charge on any atom is 0.238 e. The van der Waals surface area contributed by atoms with Crippen LogP contribution in [0.25, 0.3) is 0 Å². The second-order valence-electron chi connectivity index (χ2n) is 3.70. The lowest BCUT2D eigenvalue weighted by molar-refractivity contribution is 0.583. The first-order chi connectivity index (χ1) is 6.54. The molecule has 0 bridgehead atoms. The summed E-state index contributed by atoms with van der Waals surface area (Å²) in [5.41, 5.74) is 0. The van der Waals surface area contributed by atoms with Crippen molar-refractivity contribution in [2.45, 2.75) is 30.4 Å². The van der Waals surface area contributed by atoms with E-state index in [9.17, 15) is 8.42 Å². The van der Waals surface area contributed by atoms with Crippen LogP contribution in [-0.2, 0) is 15.5 Å². The largest absolute Gasteiger partial charge is 0.238 e. The Balaban J connectivity index is 2.00. The number of aryl methyl sites for hydroxylation is 1. The molecular weight excluding hydrogens is 240 g/mol. The summed E-state index contributed by atoms with van der Waals surface area (Å²) in [7, 11) is 2.04. The fraction of sp³-hybridized carbons (Fsp3) is 0.556. The van der Waals surface area contributed by atoms with Crippen molar-refractivity contribution in [1.82, 2.24) is 0 Å². The van der Waals surface area contributed by atoms with Gasteiger partial charge in [-0.05, 0) is 37.1 Å². The van der Waals surface area contributed by atoms with Crippen LogP contribution in [0.15, 0.2) is 17.5 Å². The van der Waals surface area contributed by atoms with Crippen LogP contribution in [0.4, 0.5) is 0 Å². The third-order valence-electron chi connectivity index (χ3n) is 2.73. The van der Waals surface area contributed by atoms with Gasteiger partial charge in [-0.3, -0.25) is 0 Å². The molecule has 0 spiro atoms. The zero-order valence-corrected chi connectivity index (χ0v) is 9.96. The fourth-order valence-electron chi connectivity index (χ4n) is 1.56. The molecule has 2 nitrogen and oxygen atoms in total. The smallest absolute Gasteiger partial charge is 0.212 e. The van der Waals surface area contributed by atoms with Crippen LogP contribution in [0.3, 0.4) is 0 Å². The number of hydrogen-bond donors (Lipinski definition) is 0. The molecule has 0 saturated heterocycles. The van der Waals surface area contributed by atoms with E-state index in [1.807, 2.05) is 17.5 Å². The predicted octanol–water partition coefficient (Wildman–Crippen LogP) is 2.78. The van der Waals surface area contributed by atoms with Gasteiger partial charge in [0.05, 0.1) is 4.75 Å². The van der Waals surface area contributed by atoms with E-state index in [0.29, 0.717) is 6.42 Å². The predicted molar refractivity (Wildman–Crippen MR) is 59.4 cm³/mol. The lowest BCUT2D eigenvalue weighted by atomic mass is 10.2. The van der Waals surface area contributed by atoms with E-state index < -0.39 is 13.8 Å². The zero-order chi connectivity index (χ0) is 10.2. The summed E-state index contributed by atoms with van der Waals surface area (Å²) in [5, 5.41) is 2.00. The first-order valence-corrected chi connectivity index (χ1v) is 7.69. The van der Waals surface area contributed by atoms with E-state index >= 15 is 0 Å². The fourth-order valence-corrected chi connectivity index (χ4v) is 3.90. The molecule has 0 amide bonds. The standard InChI is InChI=1S/C9H11ClO2S2/c10-14(11,12)9(5-6-9)4-3-8-2-1-7-13-8/h1-2,7H,3-6H2. The summed E-state index contributed by atoms with van der Waals surface area (Å²) in [6.07, 6.45) is 2.94. The monoisotopic (exact) mass is 250 g/mol. The minimum absolute atomic E-state index is 0.599. The summed E-state index contributed by atoms with van der Waals surface area (Å²) in [6.45, 7) is 0. The lowest BCUT2D eigenvalue weighted by Gasteiger charge is -2.09. The molecule has 0 radical (unpaired) electrons. The van der Waals surface area contributed by atoms with Crippen molar-refractivity contribution in [3.8, 4) is 0 Å². The zero-order valence-electron chi connectivity index (χ0n) is 7.57. The van der Waals surface area contributed by atoms with Crippen molar-refractivity contribution in [3.63, 3.8) is 0 Å². The molecule has 2 rings (SSSR count). The van der Waals surface area contributed by atoms with Crippen LogP contribution in [0.1, 0.15) is 24.1 Å². The molecule has 78 valence electrons. The van der Waals surface area contributed by atoms with Crippen LogP contribution in [-0.4, -0.2) is 13.2 Å². The molecule has 0 N–H and O–H groups in total. The summed E-state index contributed by atoms with van der Waals surface area (Å²) < 4.78 is 21.9. The highest BCUT2D eigenvalue weighted by molar-refractivity contribution is 8.15. The molecule has 14 heavy (non-hydrogen) atoms. The van der Waals surface area contributed by atoms with Crippen molar-refractivity contribution in [2.24, 2.45) is 0 Å².